The van der Waals surface area contributed by atoms with Crippen LogP contribution >= 0.6 is 0 Å². The van der Waals surface area contributed by atoms with Gasteiger partial charge in [0.1, 0.15) is 5.57 Å². The fourth-order valence-corrected chi connectivity index (χ4v) is 4.74. The van der Waals surface area contributed by atoms with Gasteiger partial charge in [-0.05, 0) is 37.8 Å². The van der Waals surface area contributed by atoms with E-state index in [-0.39, 0.29) is 24.7 Å². The molecule has 0 unspecified atom stereocenters. The van der Waals surface area contributed by atoms with Gasteiger partial charge in [-0.2, -0.15) is 8.42 Å². The number of carbonyl (C=O) groups excluding carboxylic acids is 2. The van der Waals surface area contributed by atoms with Gasteiger partial charge in [-0.1, -0.05) is 60.7 Å². The van der Waals surface area contributed by atoms with Crippen LogP contribution in [0, 0.1) is 0 Å². The van der Waals surface area contributed by atoms with Crippen molar-refractivity contribution in [3.8, 4) is 0 Å². The number of nitrogens with one attached hydrogen (secondary N) is 1. The highest BCUT2D eigenvalue weighted by Crippen LogP contribution is 2.23. The maximum atomic E-state index is 13.2. The Bertz CT molecular complexity index is 979. The van der Waals surface area contributed by atoms with Crippen molar-refractivity contribution in [3.05, 3.63) is 83.6 Å². The van der Waals surface area contributed by atoms with Crippen LogP contribution in [0.2, 0.25) is 0 Å². The first kappa shape index (κ1) is 22.6. The summed E-state index contributed by atoms with van der Waals surface area (Å²) in [5.74, 6) is -1.60. The van der Waals surface area contributed by atoms with Crippen molar-refractivity contribution in [1.82, 2.24) is 13.9 Å². The quantitative estimate of drug-likeness (QED) is 0.502. The van der Waals surface area contributed by atoms with Gasteiger partial charge < -0.3 is 5.32 Å². The smallest absolute Gasteiger partial charge is 0.331 e. The molecule has 2 aromatic carbocycles. The molecule has 1 aliphatic rings. The Morgan fingerprint density at radius 3 is 1.61 bits per heavy atom. The zero-order valence-corrected chi connectivity index (χ0v) is 18.5. The summed E-state index contributed by atoms with van der Waals surface area (Å²) in [6.45, 7) is 3.65. The molecule has 1 N–H and O–H groups in total. The molecule has 1 heterocycles. The van der Waals surface area contributed by atoms with Gasteiger partial charge in [-0.3, -0.25) is 9.59 Å². The lowest BCUT2D eigenvalue weighted by Gasteiger charge is -2.35. The molecule has 7 nitrogen and oxygen atoms in total. The van der Waals surface area contributed by atoms with E-state index in [2.05, 4.69) is 5.32 Å². The van der Waals surface area contributed by atoms with Crippen LogP contribution in [-0.2, 0) is 32.6 Å². The standard InChI is InChI=1S/C23H27N3O4S/c1-18(2)24-17-21-22(27)25(15-13-19-9-5-3-6-10-19)31(29,30)26(23(21)28)16-14-20-11-7-4-8-12-20/h3-12,17-18,24H,13-16H2,1-2H3. The second kappa shape index (κ2) is 9.78. The topological polar surface area (TPSA) is 86.8 Å². The predicted molar refractivity (Wildman–Crippen MR) is 119 cm³/mol. The van der Waals surface area contributed by atoms with Gasteiger partial charge in [0.15, 0.2) is 0 Å². The van der Waals surface area contributed by atoms with Crippen LogP contribution in [-0.4, -0.2) is 48.0 Å². The van der Waals surface area contributed by atoms with Gasteiger partial charge >= 0.3 is 10.2 Å². The van der Waals surface area contributed by atoms with Gasteiger partial charge in [0, 0.05) is 25.3 Å². The van der Waals surface area contributed by atoms with Crippen molar-refractivity contribution < 1.29 is 18.0 Å². The minimum atomic E-state index is -4.28. The van der Waals surface area contributed by atoms with E-state index >= 15 is 0 Å². The second-order valence-corrected chi connectivity index (χ2v) is 9.39. The van der Waals surface area contributed by atoms with Crippen LogP contribution in [0.25, 0.3) is 0 Å². The Morgan fingerprint density at radius 1 is 0.806 bits per heavy atom. The van der Waals surface area contributed by atoms with E-state index in [0.29, 0.717) is 12.8 Å². The molecule has 0 aromatic heterocycles. The average Bonchev–Trinajstić information content (AvgIpc) is 2.74. The van der Waals surface area contributed by atoms with Crippen molar-refractivity contribution in [3.63, 3.8) is 0 Å². The highest BCUT2D eigenvalue weighted by atomic mass is 32.2. The van der Waals surface area contributed by atoms with Crippen LogP contribution in [0.5, 0.6) is 0 Å². The monoisotopic (exact) mass is 441 g/mol. The molecule has 164 valence electrons. The largest absolute Gasteiger partial charge is 0.388 e. The maximum absolute atomic E-state index is 13.2. The number of benzene rings is 2. The van der Waals surface area contributed by atoms with Crippen molar-refractivity contribution in [2.75, 3.05) is 13.1 Å². The Hall–Kier alpha value is -3.13. The van der Waals surface area contributed by atoms with Crippen molar-refractivity contribution >= 4 is 22.0 Å². The summed E-state index contributed by atoms with van der Waals surface area (Å²) >= 11 is 0. The third-order valence-electron chi connectivity index (χ3n) is 4.92. The SMILES string of the molecule is CC(C)NC=C1C(=O)N(CCc2ccccc2)S(=O)(=O)N(CCc2ccccc2)C1=O. The predicted octanol–water partition coefficient (Wildman–Crippen LogP) is 2.27. The summed E-state index contributed by atoms with van der Waals surface area (Å²) in [7, 11) is -4.28. The lowest BCUT2D eigenvalue weighted by Crippen LogP contribution is -2.57. The molecular weight excluding hydrogens is 414 g/mol. The average molecular weight is 442 g/mol. The third-order valence-corrected chi connectivity index (χ3v) is 6.74. The molecule has 1 aliphatic heterocycles. The fraction of sp³-hybridized carbons (Fsp3) is 0.304. The van der Waals surface area contributed by atoms with E-state index in [1.165, 1.54) is 6.20 Å². The zero-order valence-electron chi connectivity index (χ0n) is 17.7. The maximum Gasteiger partial charge on any atom is 0.331 e. The lowest BCUT2D eigenvalue weighted by atomic mass is 10.1. The second-order valence-electron chi connectivity index (χ2n) is 7.61. The Kier molecular flexibility index (Phi) is 7.12. The molecule has 0 aliphatic carbocycles. The van der Waals surface area contributed by atoms with Gasteiger partial charge in [0.25, 0.3) is 11.8 Å². The first-order valence-electron chi connectivity index (χ1n) is 10.2. The number of carbonyl (C=O) groups is 2. The molecule has 1 fully saturated rings. The van der Waals surface area contributed by atoms with Crippen molar-refractivity contribution in [1.29, 1.82) is 0 Å². The highest BCUT2D eigenvalue weighted by molar-refractivity contribution is 7.88. The number of amides is 2. The molecule has 3 rings (SSSR count). The van der Waals surface area contributed by atoms with E-state index in [4.69, 9.17) is 0 Å². The summed E-state index contributed by atoms with van der Waals surface area (Å²) in [5.41, 5.74) is 1.64. The first-order chi connectivity index (χ1) is 14.8. The van der Waals surface area contributed by atoms with Crippen LogP contribution in [0.15, 0.2) is 72.4 Å². The van der Waals surface area contributed by atoms with Crippen LogP contribution in [0.3, 0.4) is 0 Å². The van der Waals surface area contributed by atoms with Crippen molar-refractivity contribution in [2.45, 2.75) is 32.7 Å². The van der Waals surface area contributed by atoms with Gasteiger partial charge in [-0.15, -0.1) is 0 Å². The Labute approximate surface area is 183 Å². The molecule has 2 aromatic rings. The molecule has 1 saturated heterocycles. The zero-order chi connectivity index (χ0) is 22.4. The number of rotatable bonds is 8. The van der Waals surface area contributed by atoms with E-state index in [0.717, 1.165) is 19.7 Å². The summed E-state index contributed by atoms with van der Waals surface area (Å²) in [4.78, 5) is 26.0. The van der Waals surface area contributed by atoms with Gasteiger partial charge in [0.2, 0.25) is 0 Å². The summed E-state index contributed by atoms with van der Waals surface area (Å²) < 4.78 is 28.1. The summed E-state index contributed by atoms with van der Waals surface area (Å²) in [5, 5.41) is 2.94. The van der Waals surface area contributed by atoms with E-state index in [9.17, 15) is 18.0 Å². The molecule has 0 spiro atoms. The molecular formula is C23H27N3O4S. The molecule has 0 radical (unpaired) electrons. The lowest BCUT2D eigenvalue weighted by molar-refractivity contribution is -0.131. The number of hydrogen-bond acceptors (Lipinski definition) is 5. The van der Waals surface area contributed by atoms with Crippen LogP contribution < -0.4 is 5.32 Å². The first-order valence-corrected chi connectivity index (χ1v) is 11.6. The van der Waals surface area contributed by atoms with Gasteiger partial charge in [-0.25, -0.2) is 8.61 Å². The number of hydrogen-bond donors (Lipinski definition) is 1. The number of nitrogens with zero attached hydrogens (tertiary/aromatic N) is 2. The van der Waals surface area contributed by atoms with E-state index in [1.54, 1.807) is 0 Å². The van der Waals surface area contributed by atoms with Crippen LogP contribution in [0.4, 0.5) is 0 Å². The molecule has 31 heavy (non-hydrogen) atoms. The Morgan fingerprint density at radius 2 is 1.23 bits per heavy atom. The minimum Gasteiger partial charge on any atom is -0.388 e. The molecule has 0 bridgehead atoms. The normalized spacial score (nSPS) is 16.0. The highest BCUT2D eigenvalue weighted by Gasteiger charge is 2.46. The summed E-state index contributed by atoms with van der Waals surface area (Å²) in [6, 6.07) is 18.6. The third kappa shape index (κ3) is 5.32. The minimum absolute atomic E-state index is 0.0119. The van der Waals surface area contributed by atoms with Crippen molar-refractivity contribution in [2.24, 2.45) is 0 Å². The molecule has 0 saturated carbocycles. The Balaban J connectivity index is 1.89. The summed E-state index contributed by atoms with van der Waals surface area (Å²) in [6.07, 6.45) is 2.05. The molecule has 8 heteroatoms. The molecule has 0 atom stereocenters. The van der Waals surface area contributed by atoms with Gasteiger partial charge in [0.05, 0.1) is 0 Å². The molecule has 2 amide bonds. The van der Waals surface area contributed by atoms with Crippen LogP contribution in [0.1, 0.15) is 25.0 Å². The van der Waals surface area contributed by atoms with E-state index < -0.39 is 22.0 Å². The van der Waals surface area contributed by atoms with E-state index in [1.807, 2.05) is 74.5 Å². The fourth-order valence-electron chi connectivity index (χ4n) is 3.25.